The van der Waals surface area contributed by atoms with E-state index in [0.29, 0.717) is 18.7 Å². The Morgan fingerprint density at radius 1 is 1.07 bits per heavy atom. The molecule has 2 aliphatic rings. The SMILES string of the molecule is Cc1ccc(C2=NO[C@@H]3C(=O)N(CCc4c[nH]c5ccccc45)C(=O)[C@H]23)cc1. The third-order valence-corrected chi connectivity index (χ3v) is 5.53. The zero-order chi connectivity index (χ0) is 19.3. The summed E-state index contributed by atoms with van der Waals surface area (Å²) in [7, 11) is 0. The average Bonchev–Trinajstić information content (AvgIpc) is 3.38. The van der Waals surface area contributed by atoms with Crippen LogP contribution < -0.4 is 0 Å². The molecule has 1 fully saturated rings. The van der Waals surface area contributed by atoms with Crippen molar-refractivity contribution in [2.75, 3.05) is 6.54 Å². The molecule has 6 nitrogen and oxygen atoms in total. The van der Waals surface area contributed by atoms with Gasteiger partial charge in [0.2, 0.25) is 12.0 Å². The van der Waals surface area contributed by atoms with Gasteiger partial charge in [0, 0.05) is 29.2 Å². The molecular formula is C22H19N3O3. The third kappa shape index (κ3) is 2.52. The lowest BCUT2D eigenvalue weighted by molar-refractivity contribution is -0.142. The number of nitrogens with zero attached hydrogens (tertiary/aromatic N) is 2. The zero-order valence-electron chi connectivity index (χ0n) is 15.4. The molecule has 0 saturated carbocycles. The first-order valence-corrected chi connectivity index (χ1v) is 9.34. The Kier molecular flexibility index (Phi) is 3.79. The van der Waals surface area contributed by atoms with Crippen molar-refractivity contribution in [1.29, 1.82) is 0 Å². The number of aromatic amines is 1. The average molecular weight is 373 g/mol. The number of imide groups is 1. The molecule has 1 aromatic heterocycles. The van der Waals surface area contributed by atoms with Gasteiger partial charge in [-0.05, 0) is 25.0 Å². The molecule has 3 heterocycles. The Bertz CT molecular complexity index is 1110. The summed E-state index contributed by atoms with van der Waals surface area (Å²) in [4.78, 5) is 35.7. The molecule has 3 aromatic rings. The first-order valence-electron chi connectivity index (χ1n) is 9.34. The van der Waals surface area contributed by atoms with Crippen molar-refractivity contribution in [3.05, 3.63) is 71.4 Å². The second kappa shape index (κ2) is 6.34. The second-order valence-electron chi connectivity index (χ2n) is 7.28. The van der Waals surface area contributed by atoms with Crippen LogP contribution in [0.25, 0.3) is 10.9 Å². The van der Waals surface area contributed by atoms with Gasteiger partial charge in [0.15, 0.2) is 0 Å². The van der Waals surface area contributed by atoms with Gasteiger partial charge in [0.1, 0.15) is 11.6 Å². The molecule has 2 aliphatic heterocycles. The number of carbonyl (C=O) groups is 2. The fraction of sp³-hybridized carbons (Fsp3) is 0.227. The Morgan fingerprint density at radius 3 is 2.68 bits per heavy atom. The van der Waals surface area contributed by atoms with Crippen molar-refractivity contribution in [1.82, 2.24) is 9.88 Å². The predicted octanol–water partition coefficient (Wildman–Crippen LogP) is 2.81. The molecular weight excluding hydrogens is 354 g/mol. The zero-order valence-corrected chi connectivity index (χ0v) is 15.4. The number of likely N-dealkylation sites (tertiary alicyclic amines) is 1. The van der Waals surface area contributed by atoms with Crippen molar-refractivity contribution >= 4 is 28.4 Å². The number of para-hydroxylation sites is 1. The Hall–Kier alpha value is -3.41. The lowest BCUT2D eigenvalue weighted by atomic mass is 9.93. The molecule has 140 valence electrons. The number of aromatic nitrogens is 1. The van der Waals surface area contributed by atoms with Crippen LogP contribution in [0.15, 0.2) is 59.9 Å². The number of rotatable bonds is 4. The molecule has 2 aromatic carbocycles. The molecule has 0 unspecified atom stereocenters. The molecule has 0 radical (unpaired) electrons. The standard InChI is InChI=1S/C22H19N3O3/c1-13-6-8-14(9-7-13)19-18-20(28-24-19)22(27)25(21(18)26)11-10-15-12-23-17-5-3-2-4-16(15)17/h2-9,12,18,20,23H,10-11H2,1H3/t18-,20+/m1/s1. The third-order valence-electron chi connectivity index (χ3n) is 5.53. The van der Waals surface area contributed by atoms with Crippen LogP contribution in [0, 0.1) is 12.8 Å². The van der Waals surface area contributed by atoms with Gasteiger partial charge in [0.05, 0.1) is 0 Å². The Balaban J connectivity index is 1.36. The number of oxime groups is 1. The van der Waals surface area contributed by atoms with Crippen molar-refractivity contribution in [2.45, 2.75) is 19.4 Å². The molecule has 0 aliphatic carbocycles. The first-order chi connectivity index (χ1) is 13.6. The van der Waals surface area contributed by atoms with Crippen LogP contribution in [0.2, 0.25) is 0 Å². The lowest BCUT2D eigenvalue weighted by Crippen LogP contribution is -2.35. The molecule has 1 saturated heterocycles. The molecule has 1 N–H and O–H groups in total. The summed E-state index contributed by atoms with van der Waals surface area (Å²) in [6, 6.07) is 15.7. The van der Waals surface area contributed by atoms with Crippen LogP contribution in [-0.2, 0) is 20.8 Å². The number of carbonyl (C=O) groups excluding carboxylic acids is 2. The molecule has 2 amide bonds. The van der Waals surface area contributed by atoms with Crippen LogP contribution >= 0.6 is 0 Å². The quantitative estimate of drug-likeness (QED) is 0.715. The van der Waals surface area contributed by atoms with Crippen molar-refractivity contribution in [3.8, 4) is 0 Å². The minimum atomic E-state index is -0.841. The summed E-state index contributed by atoms with van der Waals surface area (Å²) in [5.74, 6) is -1.19. The highest BCUT2D eigenvalue weighted by molar-refractivity contribution is 6.23. The lowest BCUT2D eigenvalue weighted by Gasteiger charge is -2.15. The van der Waals surface area contributed by atoms with Crippen LogP contribution in [0.4, 0.5) is 0 Å². The second-order valence-corrected chi connectivity index (χ2v) is 7.28. The van der Waals surface area contributed by atoms with E-state index in [4.69, 9.17) is 4.84 Å². The van der Waals surface area contributed by atoms with Crippen LogP contribution in [-0.4, -0.2) is 40.1 Å². The number of hydrogen-bond donors (Lipinski definition) is 1. The number of fused-ring (bicyclic) bond motifs is 2. The van der Waals surface area contributed by atoms with Gasteiger partial charge in [-0.25, -0.2) is 0 Å². The maximum absolute atomic E-state index is 13.0. The summed E-state index contributed by atoms with van der Waals surface area (Å²) in [6.45, 7) is 2.33. The van der Waals surface area contributed by atoms with E-state index >= 15 is 0 Å². The minimum Gasteiger partial charge on any atom is -0.381 e. The fourth-order valence-corrected chi connectivity index (χ4v) is 3.99. The van der Waals surface area contributed by atoms with Crippen molar-refractivity contribution in [3.63, 3.8) is 0 Å². The summed E-state index contributed by atoms with van der Waals surface area (Å²) in [5, 5.41) is 5.16. The van der Waals surface area contributed by atoms with Gasteiger partial charge in [-0.15, -0.1) is 0 Å². The minimum absolute atomic E-state index is 0.230. The first kappa shape index (κ1) is 16.7. The highest BCUT2D eigenvalue weighted by atomic mass is 16.6. The number of H-pyrrole nitrogens is 1. The van der Waals surface area contributed by atoms with Crippen LogP contribution in [0.3, 0.4) is 0 Å². The number of amides is 2. The van der Waals surface area contributed by atoms with E-state index in [1.807, 2.05) is 61.7 Å². The summed E-state index contributed by atoms with van der Waals surface area (Å²) in [6.07, 6.45) is 1.69. The topological polar surface area (TPSA) is 74.8 Å². The molecule has 6 heteroatoms. The maximum atomic E-state index is 13.0. The maximum Gasteiger partial charge on any atom is 0.274 e. The van der Waals surface area contributed by atoms with E-state index in [0.717, 1.165) is 27.6 Å². The summed E-state index contributed by atoms with van der Waals surface area (Å²) < 4.78 is 0. The monoisotopic (exact) mass is 373 g/mol. The van der Waals surface area contributed by atoms with E-state index < -0.39 is 12.0 Å². The van der Waals surface area contributed by atoms with Gasteiger partial charge >= 0.3 is 0 Å². The van der Waals surface area contributed by atoms with Gasteiger partial charge in [-0.1, -0.05) is 53.2 Å². The largest absolute Gasteiger partial charge is 0.381 e. The molecule has 2 atom stereocenters. The number of aryl methyl sites for hydroxylation is 1. The van der Waals surface area contributed by atoms with E-state index in [9.17, 15) is 9.59 Å². The van der Waals surface area contributed by atoms with Gasteiger partial charge in [-0.3, -0.25) is 14.5 Å². The van der Waals surface area contributed by atoms with Gasteiger partial charge in [0.25, 0.3) is 5.91 Å². The Labute approximate surface area is 161 Å². The van der Waals surface area contributed by atoms with E-state index in [2.05, 4.69) is 10.1 Å². The van der Waals surface area contributed by atoms with Crippen molar-refractivity contribution < 1.29 is 14.4 Å². The van der Waals surface area contributed by atoms with Crippen molar-refractivity contribution in [2.24, 2.45) is 11.1 Å². The smallest absolute Gasteiger partial charge is 0.274 e. The summed E-state index contributed by atoms with van der Waals surface area (Å²) in [5.41, 5.74) is 4.61. The highest BCUT2D eigenvalue weighted by Crippen LogP contribution is 2.32. The number of hydrogen-bond acceptors (Lipinski definition) is 4. The van der Waals surface area contributed by atoms with Crippen LogP contribution in [0.1, 0.15) is 16.7 Å². The van der Waals surface area contributed by atoms with E-state index in [-0.39, 0.29) is 11.8 Å². The van der Waals surface area contributed by atoms with Crippen LogP contribution in [0.5, 0.6) is 0 Å². The van der Waals surface area contributed by atoms with Gasteiger partial charge < -0.3 is 9.82 Å². The summed E-state index contributed by atoms with van der Waals surface area (Å²) >= 11 is 0. The molecule has 28 heavy (non-hydrogen) atoms. The normalized spacial score (nSPS) is 21.2. The number of benzene rings is 2. The number of nitrogens with one attached hydrogen (secondary N) is 1. The highest BCUT2D eigenvalue weighted by Gasteiger charge is 2.55. The molecule has 5 rings (SSSR count). The fourth-order valence-electron chi connectivity index (χ4n) is 3.99. The van der Waals surface area contributed by atoms with E-state index in [1.54, 1.807) is 0 Å². The molecule has 0 bridgehead atoms. The van der Waals surface area contributed by atoms with Gasteiger partial charge in [-0.2, -0.15) is 0 Å². The Morgan fingerprint density at radius 2 is 1.86 bits per heavy atom. The molecule has 0 spiro atoms. The van der Waals surface area contributed by atoms with E-state index in [1.165, 1.54) is 4.90 Å². The predicted molar refractivity (Wildman–Crippen MR) is 105 cm³/mol.